The van der Waals surface area contributed by atoms with E-state index in [2.05, 4.69) is 19.2 Å². The lowest BCUT2D eigenvalue weighted by molar-refractivity contribution is 0.207. The Hall–Kier alpha value is -1.26. The highest BCUT2D eigenvalue weighted by Gasteiger charge is 2.16. The first-order chi connectivity index (χ1) is 9.88. The summed E-state index contributed by atoms with van der Waals surface area (Å²) in [5, 5.41) is 12.5. The molecule has 120 valence electrons. The quantitative estimate of drug-likeness (QED) is 0.735. The van der Waals surface area contributed by atoms with Crippen molar-refractivity contribution in [3.63, 3.8) is 0 Å². The van der Waals surface area contributed by atoms with Crippen LogP contribution in [0, 0.1) is 5.41 Å². The predicted octanol–water partition coefficient (Wildman–Crippen LogP) is 2.98. The minimum Gasteiger partial charge on any atom is -0.493 e. The molecule has 0 aliphatic heterocycles. The number of methoxy groups -OCH3 is 1. The zero-order valence-electron chi connectivity index (χ0n) is 13.9. The molecule has 0 aromatic heterocycles. The summed E-state index contributed by atoms with van der Waals surface area (Å²) in [4.78, 5) is 0. The Kier molecular flexibility index (Phi) is 6.99. The van der Waals surface area contributed by atoms with Crippen LogP contribution in [0.25, 0.3) is 0 Å². The average Bonchev–Trinajstić information content (AvgIpc) is 2.39. The lowest BCUT2D eigenvalue weighted by atomic mass is 9.90. The topological polar surface area (TPSA) is 50.7 Å². The third-order valence-corrected chi connectivity index (χ3v) is 3.31. The Morgan fingerprint density at radius 1 is 1.24 bits per heavy atom. The predicted molar refractivity (Wildman–Crippen MR) is 85.9 cm³/mol. The van der Waals surface area contributed by atoms with Crippen molar-refractivity contribution in [2.75, 3.05) is 20.3 Å². The maximum atomic E-state index is 9.03. The van der Waals surface area contributed by atoms with Gasteiger partial charge < -0.3 is 19.9 Å². The van der Waals surface area contributed by atoms with Crippen molar-refractivity contribution in [2.45, 2.75) is 46.8 Å². The molecule has 0 amide bonds. The van der Waals surface area contributed by atoms with E-state index in [1.807, 2.05) is 32.0 Å². The van der Waals surface area contributed by atoms with Crippen molar-refractivity contribution < 1.29 is 14.6 Å². The number of ether oxygens (including phenoxy) is 2. The van der Waals surface area contributed by atoms with Crippen LogP contribution in [-0.2, 0) is 6.54 Å². The Morgan fingerprint density at radius 3 is 2.52 bits per heavy atom. The Bertz CT molecular complexity index is 430. The molecule has 4 heteroatoms. The summed E-state index contributed by atoms with van der Waals surface area (Å²) >= 11 is 0. The summed E-state index contributed by atoms with van der Waals surface area (Å²) in [7, 11) is 1.66. The summed E-state index contributed by atoms with van der Waals surface area (Å²) in [6, 6.07) is 6.00. The van der Waals surface area contributed by atoms with E-state index in [9.17, 15) is 0 Å². The van der Waals surface area contributed by atoms with Gasteiger partial charge in [-0.25, -0.2) is 0 Å². The van der Waals surface area contributed by atoms with Gasteiger partial charge in [0.2, 0.25) is 0 Å². The molecule has 0 saturated heterocycles. The molecule has 0 bridgehead atoms. The van der Waals surface area contributed by atoms with Crippen molar-refractivity contribution >= 4 is 0 Å². The molecule has 0 unspecified atom stereocenters. The van der Waals surface area contributed by atoms with Gasteiger partial charge in [0, 0.05) is 19.7 Å². The SMILES string of the molecule is COc1cc(CNCC(C)(C)CCO)ccc1OC(C)C. The van der Waals surface area contributed by atoms with Crippen LogP contribution in [0.2, 0.25) is 0 Å². The van der Waals surface area contributed by atoms with Crippen LogP contribution < -0.4 is 14.8 Å². The van der Waals surface area contributed by atoms with Gasteiger partial charge in [-0.2, -0.15) is 0 Å². The minimum atomic E-state index is 0.0968. The van der Waals surface area contributed by atoms with E-state index < -0.39 is 0 Å². The normalized spacial score (nSPS) is 11.8. The number of hydrogen-bond donors (Lipinski definition) is 2. The number of hydrogen-bond acceptors (Lipinski definition) is 4. The summed E-state index contributed by atoms with van der Waals surface area (Å²) in [6.07, 6.45) is 0.923. The maximum absolute atomic E-state index is 9.03. The Morgan fingerprint density at radius 2 is 1.95 bits per heavy atom. The number of aliphatic hydroxyl groups excluding tert-OH is 1. The first kappa shape index (κ1) is 17.8. The Balaban J connectivity index is 2.60. The van der Waals surface area contributed by atoms with Crippen molar-refractivity contribution in [3.8, 4) is 11.5 Å². The van der Waals surface area contributed by atoms with Gasteiger partial charge in [-0.05, 0) is 43.4 Å². The van der Waals surface area contributed by atoms with E-state index in [0.717, 1.165) is 36.6 Å². The molecule has 0 radical (unpaired) electrons. The maximum Gasteiger partial charge on any atom is 0.161 e. The van der Waals surface area contributed by atoms with Gasteiger partial charge in [0.05, 0.1) is 13.2 Å². The zero-order valence-corrected chi connectivity index (χ0v) is 13.9. The lowest BCUT2D eigenvalue weighted by Crippen LogP contribution is -2.29. The average molecular weight is 295 g/mol. The molecule has 0 spiro atoms. The number of aliphatic hydroxyl groups is 1. The van der Waals surface area contributed by atoms with Crippen LogP contribution in [-0.4, -0.2) is 31.5 Å². The third-order valence-electron chi connectivity index (χ3n) is 3.31. The smallest absolute Gasteiger partial charge is 0.161 e. The summed E-state index contributed by atoms with van der Waals surface area (Å²) in [5.74, 6) is 1.54. The van der Waals surface area contributed by atoms with Gasteiger partial charge in [-0.1, -0.05) is 19.9 Å². The zero-order chi connectivity index (χ0) is 15.9. The molecule has 21 heavy (non-hydrogen) atoms. The molecule has 1 aromatic rings. The van der Waals surface area contributed by atoms with E-state index in [1.165, 1.54) is 0 Å². The van der Waals surface area contributed by atoms with E-state index in [1.54, 1.807) is 7.11 Å². The number of rotatable bonds is 9. The minimum absolute atomic E-state index is 0.0968. The third kappa shape index (κ3) is 6.36. The number of nitrogens with one attached hydrogen (secondary N) is 1. The van der Waals surface area contributed by atoms with Crippen LogP contribution in [0.4, 0.5) is 0 Å². The molecule has 0 aliphatic carbocycles. The van der Waals surface area contributed by atoms with Gasteiger partial charge in [0.15, 0.2) is 11.5 Å². The fourth-order valence-corrected chi connectivity index (χ4v) is 2.11. The van der Waals surface area contributed by atoms with Gasteiger partial charge in [-0.3, -0.25) is 0 Å². The molecule has 0 saturated carbocycles. The van der Waals surface area contributed by atoms with Crippen LogP contribution in [0.15, 0.2) is 18.2 Å². The van der Waals surface area contributed by atoms with E-state index in [0.29, 0.717) is 0 Å². The molecule has 0 aliphatic rings. The molecular formula is C17H29NO3. The Labute approximate surface area is 128 Å². The van der Waals surface area contributed by atoms with Crippen molar-refractivity contribution in [3.05, 3.63) is 23.8 Å². The van der Waals surface area contributed by atoms with Gasteiger partial charge >= 0.3 is 0 Å². The number of benzene rings is 1. The first-order valence-electron chi connectivity index (χ1n) is 7.53. The molecule has 1 rings (SSSR count). The second-order valence-corrected chi connectivity index (χ2v) is 6.39. The van der Waals surface area contributed by atoms with Gasteiger partial charge in [0.25, 0.3) is 0 Å². The van der Waals surface area contributed by atoms with Crippen molar-refractivity contribution in [1.29, 1.82) is 0 Å². The summed E-state index contributed by atoms with van der Waals surface area (Å²) in [5.41, 5.74) is 1.25. The van der Waals surface area contributed by atoms with E-state index in [-0.39, 0.29) is 18.1 Å². The molecule has 0 heterocycles. The second-order valence-electron chi connectivity index (χ2n) is 6.39. The van der Waals surface area contributed by atoms with E-state index >= 15 is 0 Å². The van der Waals surface area contributed by atoms with Crippen LogP contribution in [0.5, 0.6) is 11.5 Å². The molecule has 4 nitrogen and oxygen atoms in total. The molecule has 0 atom stereocenters. The second kappa shape index (κ2) is 8.25. The highest BCUT2D eigenvalue weighted by molar-refractivity contribution is 5.43. The standard InChI is InChI=1S/C17H29NO3/c1-13(2)21-15-7-6-14(10-16(15)20-5)11-18-12-17(3,4)8-9-19/h6-7,10,13,18-19H,8-9,11-12H2,1-5H3. The summed E-state index contributed by atoms with van der Waals surface area (Å²) < 4.78 is 11.1. The fraction of sp³-hybridized carbons (Fsp3) is 0.647. The van der Waals surface area contributed by atoms with E-state index in [4.69, 9.17) is 14.6 Å². The summed E-state index contributed by atoms with van der Waals surface area (Å²) in [6.45, 7) is 10.2. The van der Waals surface area contributed by atoms with Crippen LogP contribution in [0.1, 0.15) is 39.7 Å². The molecular weight excluding hydrogens is 266 g/mol. The monoisotopic (exact) mass is 295 g/mol. The highest BCUT2D eigenvalue weighted by Crippen LogP contribution is 2.29. The van der Waals surface area contributed by atoms with Gasteiger partial charge in [0.1, 0.15) is 0 Å². The van der Waals surface area contributed by atoms with Crippen LogP contribution >= 0.6 is 0 Å². The van der Waals surface area contributed by atoms with Crippen LogP contribution in [0.3, 0.4) is 0 Å². The highest BCUT2D eigenvalue weighted by atomic mass is 16.5. The first-order valence-corrected chi connectivity index (χ1v) is 7.53. The molecule has 2 N–H and O–H groups in total. The molecule has 1 aromatic carbocycles. The fourth-order valence-electron chi connectivity index (χ4n) is 2.11. The largest absolute Gasteiger partial charge is 0.493 e. The lowest BCUT2D eigenvalue weighted by Gasteiger charge is -2.24. The van der Waals surface area contributed by atoms with Crippen molar-refractivity contribution in [1.82, 2.24) is 5.32 Å². The van der Waals surface area contributed by atoms with Gasteiger partial charge in [-0.15, -0.1) is 0 Å². The molecule has 0 fully saturated rings. The van der Waals surface area contributed by atoms with Crippen molar-refractivity contribution in [2.24, 2.45) is 5.41 Å².